The lowest BCUT2D eigenvalue weighted by Crippen LogP contribution is -2.49. The molecule has 0 radical (unpaired) electrons. The zero-order valence-electron chi connectivity index (χ0n) is 11.9. The molecule has 1 aliphatic heterocycles. The minimum atomic E-state index is -3.76. The average Bonchev–Trinajstić information content (AvgIpc) is 2.47. The number of ether oxygens (including phenoxy) is 1. The van der Waals surface area contributed by atoms with Crippen molar-refractivity contribution in [2.75, 3.05) is 33.3 Å². The van der Waals surface area contributed by atoms with Gasteiger partial charge in [0.2, 0.25) is 15.9 Å². The number of nitrogens with zero attached hydrogens (tertiary/aromatic N) is 2. The first kappa shape index (κ1) is 15.7. The summed E-state index contributed by atoms with van der Waals surface area (Å²) >= 11 is 0. The van der Waals surface area contributed by atoms with Gasteiger partial charge in [-0.2, -0.15) is 4.31 Å². The first-order valence-electron chi connectivity index (χ1n) is 6.45. The summed E-state index contributed by atoms with van der Waals surface area (Å²) < 4.78 is 44.5. The summed E-state index contributed by atoms with van der Waals surface area (Å²) in [6.45, 7) is 2.54. The first-order valence-corrected chi connectivity index (χ1v) is 7.89. The Labute approximate surface area is 123 Å². The van der Waals surface area contributed by atoms with E-state index in [0.717, 1.165) is 6.07 Å². The van der Waals surface area contributed by atoms with E-state index in [1.807, 2.05) is 0 Å². The lowest BCUT2D eigenvalue weighted by atomic mass is 10.3. The molecule has 1 heterocycles. The predicted molar refractivity (Wildman–Crippen MR) is 74.0 cm³/mol. The average molecular weight is 316 g/mol. The second-order valence-corrected chi connectivity index (χ2v) is 6.64. The minimum Gasteiger partial charge on any atom is -0.494 e. The molecule has 0 unspecified atom stereocenters. The number of amides is 1. The van der Waals surface area contributed by atoms with Gasteiger partial charge in [-0.1, -0.05) is 0 Å². The van der Waals surface area contributed by atoms with E-state index in [9.17, 15) is 17.6 Å². The highest BCUT2D eigenvalue weighted by atomic mass is 32.2. The molecule has 1 saturated heterocycles. The van der Waals surface area contributed by atoms with Crippen molar-refractivity contribution in [3.63, 3.8) is 0 Å². The quantitative estimate of drug-likeness (QED) is 0.823. The molecule has 1 aromatic rings. The van der Waals surface area contributed by atoms with Crippen molar-refractivity contribution >= 4 is 15.9 Å². The lowest BCUT2D eigenvalue weighted by molar-refractivity contribution is -0.129. The van der Waals surface area contributed by atoms with E-state index in [1.165, 1.54) is 30.5 Å². The molecule has 21 heavy (non-hydrogen) atoms. The Hall–Kier alpha value is -1.67. The summed E-state index contributed by atoms with van der Waals surface area (Å²) in [5, 5.41) is 0. The van der Waals surface area contributed by atoms with Gasteiger partial charge in [0, 0.05) is 33.1 Å². The Morgan fingerprint density at radius 2 is 1.86 bits per heavy atom. The van der Waals surface area contributed by atoms with Gasteiger partial charge in [-0.3, -0.25) is 4.79 Å². The van der Waals surface area contributed by atoms with E-state index < -0.39 is 15.8 Å². The van der Waals surface area contributed by atoms with Crippen LogP contribution in [-0.2, 0) is 14.8 Å². The standard InChI is InChI=1S/C13H17FN2O4S/c1-10(17)15-5-7-16(8-6-15)21(18,19)11-3-4-13(20-2)12(14)9-11/h3-4,9H,5-8H2,1-2H3. The fourth-order valence-electron chi connectivity index (χ4n) is 2.20. The number of halogens is 1. The molecule has 0 spiro atoms. The van der Waals surface area contributed by atoms with E-state index in [0.29, 0.717) is 13.1 Å². The van der Waals surface area contributed by atoms with Gasteiger partial charge in [0.1, 0.15) is 0 Å². The van der Waals surface area contributed by atoms with Gasteiger partial charge in [-0.05, 0) is 18.2 Å². The van der Waals surface area contributed by atoms with E-state index in [2.05, 4.69) is 0 Å². The van der Waals surface area contributed by atoms with Crippen LogP contribution in [0.1, 0.15) is 6.92 Å². The van der Waals surface area contributed by atoms with Crippen LogP contribution in [-0.4, -0.2) is 56.8 Å². The molecular formula is C13H17FN2O4S. The van der Waals surface area contributed by atoms with Crippen LogP contribution < -0.4 is 4.74 Å². The molecule has 1 aromatic carbocycles. The smallest absolute Gasteiger partial charge is 0.243 e. The van der Waals surface area contributed by atoms with E-state index >= 15 is 0 Å². The molecule has 6 nitrogen and oxygen atoms in total. The molecule has 116 valence electrons. The molecular weight excluding hydrogens is 299 g/mol. The zero-order valence-corrected chi connectivity index (χ0v) is 12.7. The number of hydrogen-bond donors (Lipinski definition) is 0. The Bertz CT molecular complexity index is 640. The topological polar surface area (TPSA) is 66.9 Å². The molecule has 1 amide bonds. The van der Waals surface area contributed by atoms with Gasteiger partial charge in [-0.15, -0.1) is 0 Å². The number of piperazine rings is 1. The van der Waals surface area contributed by atoms with E-state index in [-0.39, 0.29) is 29.6 Å². The molecule has 0 aromatic heterocycles. The van der Waals surface area contributed by atoms with Crippen molar-refractivity contribution < 1.29 is 22.3 Å². The maximum absolute atomic E-state index is 13.7. The third kappa shape index (κ3) is 3.16. The van der Waals surface area contributed by atoms with Gasteiger partial charge < -0.3 is 9.64 Å². The minimum absolute atomic E-state index is 0.00431. The third-order valence-corrected chi connectivity index (χ3v) is 5.34. The van der Waals surface area contributed by atoms with Crippen molar-refractivity contribution in [1.82, 2.24) is 9.21 Å². The number of benzene rings is 1. The molecule has 2 rings (SSSR count). The van der Waals surface area contributed by atoms with Crippen molar-refractivity contribution in [3.05, 3.63) is 24.0 Å². The van der Waals surface area contributed by atoms with Crippen LogP contribution in [0.2, 0.25) is 0 Å². The molecule has 0 bridgehead atoms. The Morgan fingerprint density at radius 1 is 1.24 bits per heavy atom. The molecule has 0 atom stereocenters. The zero-order chi connectivity index (χ0) is 15.6. The molecule has 0 N–H and O–H groups in total. The third-order valence-electron chi connectivity index (χ3n) is 3.45. The largest absolute Gasteiger partial charge is 0.494 e. The monoisotopic (exact) mass is 316 g/mol. The summed E-state index contributed by atoms with van der Waals surface area (Å²) in [4.78, 5) is 12.7. The number of sulfonamides is 1. The lowest BCUT2D eigenvalue weighted by Gasteiger charge is -2.33. The normalized spacial score (nSPS) is 16.8. The van der Waals surface area contributed by atoms with Gasteiger partial charge in [0.05, 0.1) is 12.0 Å². The number of methoxy groups -OCH3 is 1. The SMILES string of the molecule is COc1ccc(S(=O)(=O)N2CCN(C(C)=O)CC2)cc1F. The first-order chi connectivity index (χ1) is 9.86. The summed E-state index contributed by atoms with van der Waals surface area (Å²) in [7, 11) is -2.45. The van der Waals surface area contributed by atoms with Crippen molar-refractivity contribution in [1.29, 1.82) is 0 Å². The second-order valence-electron chi connectivity index (χ2n) is 4.71. The highest BCUT2D eigenvalue weighted by molar-refractivity contribution is 7.89. The summed E-state index contributed by atoms with van der Waals surface area (Å²) in [5.41, 5.74) is 0. The maximum atomic E-state index is 13.7. The Morgan fingerprint density at radius 3 is 2.33 bits per heavy atom. The van der Waals surface area contributed by atoms with Gasteiger partial charge in [0.25, 0.3) is 0 Å². The predicted octanol–water partition coefficient (Wildman–Crippen LogP) is 0.687. The number of carbonyl (C=O) groups is 1. The van der Waals surface area contributed by atoms with Crippen LogP contribution in [0.4, 0.5) is 4.39 Å². The number of rotatable bonds is 3. The van der Waals surface area contributed by atoms with Gasteiger partial charge in [-0.25, -0.2) is 12.8 Å². The maximum Gasteiger partial charge on any atom is 0.243 e. The number of hydrogen-bond acceptors (Lipinski definition) is 4. The molecule has 1 aliphatic rings. The Kier molecular flexibility index (Phi) is 4.48. The molecule has 1 fully saturated rings. The highest BCUT2D eigenvalue weighted by Gasteiger charge is 2.29. The summed E-state index contributed by atoms with van der Waals surface area (Å²) in [5.74, 6) is -0.807. The van der Waals surface area contributed by atoms with Crippen LogP contribution in [0.15, 0.2) is 23.1 Å². The molecule has 8 heteroatoms. The van der Waals surface area contributed by atoms with Crippen LogP contribution in [0.3, 0.4) is 0 Å². The molecule has 0 aliphatic carbocycles. The van der Waals surface area contributed by atoms with Crippen LogP contribution in [0.5, 0.6) is 5.75 Å². The number of carbonyl (C=O) groups excluding carboxylic acids is 1. The summed E-state index contributed by atoms with van der Waals surface area (Å²) in [6.07, 6.45) is 0. The van der Waals surface area contributed by atoms with Crippen molar-refractivity contribution in [2.45, 2.75) is 11.8 Å². The fourth-order valence-corrected chi connectivity index (χ4v) is 3.63. The van der Waals surface area contributed by atoms with E-state index in [1.54, 1.807) is 4.90 Å². The fraction of sp³-hybridized carbons (Fsp3) is 0.462. The van der Waals surface area contributed by atoms with Gasteiger partial charge >= 0.3 is 0 Å². The highest BCUT2D eigenvalue weighted by Crippen LogP contribution is 2.23. The molecule has 0 saturated carbocycles. The van der Waals surface area contributed by atoms with E-state index in [4.69, 9.17) is 4.74 Å². The van der Waals surface area contributed by atoms with Crippen molar-refractivity contribution in [2.24, 2.45) is 0 Å². The summed E-state index contributed by atoms with van der Waals surface area (Å²) in [6, 6.07) is 3.55. The second kappa shape index (κ2) is 5.98. The van der Waals surface area contributed by atoms with Crippen LogP contribution >= 0.6 is 0 Å². The van der Waals surface area contributed by atoms with Crippen LogP contribution in [0.25, 0.3) is 0 Å². The van der Waals surface area contributed by atoms with Crippen molar-refractivity contribution in [3.8, 4) is 5.75 Å². The van der Waals surface area contributed by atoms with Gasteiger partial charge in [0.15, 0.2) is 11.6 Å². The Balaban J connectivity index is 2.19. The van der Waals surface area contributed by atoms with Crippen LogP contribution in [0, 0.1) is 5.82 Å².